The van der Waals surface area contributed by atoms with Crippen LogP contribution in [0.25, 0.3) is 0 Å². The minimum absolute atomic E-state index is 0. The lowest BCUT2D eigenvalue weighted by Crippen LogP contribution is -1.62. The van der Waals surface area contributed by atoms with E-state index in [1.54, 1.807) is 0 Å². The van der Waals surface area contributed by atoms with E-state index in [0.717, 1.165) is 46.8 Å². The molecule has 0 aliphatic rings. The molecule has 0 aromatic heterocycles. The number of hydrogen-bond donors (Lipinski definition) is 0. The van der Waals surface area contributed by atoms with E-state index in [1.807, 2.05) is 121 Å². The van der Waals surface area contributed by atoms with Gasteiger partial charge in [-0.05, 0) is 91.0 Å². The number of benzene rings is 5. The molecule has 0 saturated heterocycles. The number of halogens is 10. The predicted octanol–water partition coefficient (Wildman–Crippen LogP) is 15.8. The molecule has 15 heteroatoms. The van der Waals surface area contributed by atoms with Crippen LogP contribution in [0, 0.1) is 0 Å². The Labute approximate surface area is 330 Å². The van der Waals surface area contributed by atoms with E-state index in [9.17, 15) is 0 Å². The van der Waals surface area contributed by atoms with Crippen LogP contribution in [0.15, 0.2) is 168 Å². The SMILES string of the molecule is F.F.F.F.F.[S]c1cccc(Br)c1.[S]c1cccc(Br)c1.[S]c1cccc(Br)c1.[S]c1cccc(Br)c1.[S]c1cccc(Br)c1. The molecule has 0 saturated carbocycles. The highest BCUT2D eigenvalue weighted by Gasteiger charge is 1.87. The highest BCUT2D eigenvalue weighted by atomic mass is 79.9. The zero-order valence-corrected chi connectivity index (χ0v) is 34.5. The topological polar surface area (TPSA) is 0 Å². The van der Waals surface area contributed by atoms with E-state index in [0.29, 0.717) is 0 Å². The van der Waals surface area contributed by atoms with E-state index in [4.69, 9.17) is 63.1 Å². The van der Waals surface area contributed by atoms with Crippen LogP contribution in [0.3, 0.4) is 0 Å². The average Bonchev–Trinajstić information content (AvgIpc) is 2.85. The predicted molar refractivity (Wildman–Crippen MR) is 213 cm³/mol. The van der Waals surface area contributed by atoms with Gasteiger partial charge in [0.25, 0.3) is 0 Å². The first-order valence-electron chi connectivity index (χ1n) is 11.1. The first-order chi connectivity index (χ1) is 18.9. The Morgan fingerprint density at radius 3 is 0.467 bits per heavy atom. The average molecular weight is 1040 g/mol. The van der Waals surface area contributed by atoms with Gasteiger partial charge in [0.2, 0.25) is 0 Å². The van der Waals surface area contributed by atoms with Gasteiger partial charge in [-0.3, -0.25) is 23.5 Å². The number of hydrogen-bond acceptors (Lipinski definition) is 0. The first-order valence-corrected chi connectivity index (χ1v) is 17.1. The van der Waals surface area contributed by atoms with Crippen LogP contribution in [0.4, 0.5) is 23.5 Å². The third-order valence-electron chi connectivity index (χ3n) is 3.98. The molecule has 0 bridgehead atoms. The molecule has 0 aliphatic heterocycles. The van der Waals surface area contributed by atoms with Gasteiger partial charge in [-0.15, -0.1) is 0 Å². The van der Waals surface area contributed by atoms with Crippen LogP contribution in [0.5, 0.6) is 0 Å². The Kier molecular flexibility index (Phi) is 38.0. The maximum absolute atomic E-state index is 4.87. The van der Waals surface area contributed by atoms with Crippen LogP contribution >= 0.6 is 143 Å². The molecular formula is C30H25Br5F5S5. The molecule has 0 aliphatic carbocycles. The fraction of sp³-hybridized carbons (Fsp3) is 0. The Balaban J connectivity index is -0.000000144. The van der Waals surface area contributed by atoms with E-state index in [2.05, 4.69) is 79.6 Å². The summed E-state index contributed by atoms with van der Waals surface area (Å²) in [5, 5.41) is 0. The summed E-state index contributed by atoms with van der Waals surface area (Å²) < 4.78 is 5.23. The van der Waals surface area contributed by atoms with Crippen molar-refractivity contribution in [2.24, 2.45) is 0 Å². The molecule has 0 N–H and O–H groups in total. The quantitative estimate of drug-likeness (QED) is 0.136. The van der Waals surface area contributed by atoms with Crippen molar-refractivity contribution in [1.82, 2.24) is 0 Å². The molecule has 0 atom stereocenters. The van der Waals surface area contributed by atoms with Gasteiger partial charge in [0.1, 0.15) is 0 Å². The zero-order chi connectivity index (χ0) is 29.9. The second-order valence-corrected chi connectivity index (χ2v) is 14.2. The molecule has 5 aromatic carbocycles. The van der Waals surface area contributed by atoms with Crippen LogP contribution in [0.1, 0.15) is 0 Å². The standard InChI is InChI=1S/5C6H4BrS.5FH/c5*7-5-2-1-3-6(8)4-5;;;;;/h5*1-4H;5*1H. The van der Waals surface area contributed by atoms with Gasteiger partial charge in [-0.25, -0.2) is 0 Å². The lowest BCUT2D eigenvalue weighted by molar-refractivity contribution is 1.11. The van der Waals surface area contributed by atoms with Crippen molar-refractivity contribution >= 4 is 143 Å². The van der Waals surface area contributed by atoms with Gasteiger partial charge < -0.3 is 0 Å². The fourth-order valence-corrected chi connectivity index (χ4v) is 6.12. The molecule has 0 unspecified atom stereocenters. The van der Waals surface area contributed by atoms with E-state index >= 15 is 0 Å². The molecule has 5 radical (unpaired) electrons. The van der Waals surface area contributed by atoms with Gasteiger partial charge in [0.15, 0.2) is 0 Å². The molecule has 245 valence electrons. The lowest BCUT2D eigenvalue weighted by Gasteiger charge is -1.87. The largest absolute Gasteiger partial charge is 0.269 e. The van der Waals surface area contributed by atoms with Gasteiger partial charge in [-0.2, -0.15) is 0 Å². The summed E-state index contributed by atoms with van der Waals surface area (Å²) in [4.78, 5) is 4.37. The van der Waals surface area contributed by atoms with E-state index in [-0.39, 0.29) is 23.5 Å². The van der Waals surface area contributed by atoms with Crippen LogP contribution in [-0.4, -0.2) is 0 Å². The van der Waals surface area contributed by atoms with Crippen LogP contribution < -0.4 is 0 Å². The third-order valence-corrected chi connectivity index (χ3v) is 7.72. The molecule has 45 heavy (non-hydrogen) atoms. The summed E-state index contributed by atoms with van der Waals surface area (Å²) in [5.74, 6) is 0. The van der Waals surface area contributed by atoms with Crippen molar-refractivity contribution in [2.75, 3.05) is 0 Å². The maximum Gasteiger partial charge on any atom is 0.0388 e. The normalized spacial score (nSPS) is 8.11. The second-order valence-electron chi connectivity index (χ2n) is 7.29. The third kappa shape index (κ3) is 30.3. The lowest BCUT2D eigenvalue weighted by atomic mass is 10.4. The van der Waals surface area contributed by atoms with Crippen molar-refractivity contribution in [3.05, 3.63) is 144 Å². The van der Waals surface area contributed by atoms with Crippen molar-refractivity contribution in [3.63, 3.8) is 0 Å². The van der Waals surface area contributed by atoms with Gasteiger partial charge in [-0.1, -0.05) is 173 Å². The minimum Gasteiger partial charge on any atom is -0.269 e. The summed E-state index contributed by atoms with van der Waals surface area (Å²) in [6.07, 6.45) is 0. The first kappa shape index (κ1) is 53.7. The Morgan fingerprint density at radius 1 is 0.267 bits per heavy atom. The summed E-state index contributed by atoms with van der Waals surface area (Å²) in [5.41, 5.74) is 0. The monoisotopic (exact) mass is 1030 g/mol. The highest BCUT2D eigenvalue weighted by molar-refractivity contribution is 9.11. The Hall–Kier alpha value is -0.750. The van der Waals surface area contributed by atoms with Crippen LogP contribution in [-0.2, 0) is 0 Å². The van der Waals surface area contributed by atoms with Crippen LogP contribution in [0.2, 0.25) is 0 Å². The molecule has 0 amide bonds. The van der Waals surface area contributed by atoms with Gasteiger partial charge in [0, 0.05) is 46.8 Å². The maximum atomic E-state index is 4.87. The van der Waals surface area contributed by atoms with Gasteiger partial charge in [0.05, 0.1) is 0 Å². The Bertz CT molecular complexity index is 1120. The molecule has 0 fully saturated rings. The summed E-state index contributed by atoms with van der Waals surface area (Å²) in [6, 6.07) is 38.3. The fourth-order valence-electron chi connectivity index (χ4n) is 2.34. The molecular weight excluding hydrogens is 1020 g/mol. The van der Waals surface area contributed by atoms with Gasteiger partial charge >= 0.3 is 0 Å². The molecule has 0 heterocycles. The zero-order valence-electron chi connectivity index (χ0n) is 22.5. The van der Waals surface area contributed by atoms with Crippen molar-refractivity contribution in [3.8, 4) is 0 Å². The molecule has 0 nitrogen and oxygen atoms in total. The molecule has 0 spiro atoms. The summed E-state index contributed by atoms with van der Waals surface area (Å²) >= 11 is 40.8. The minimum atomic E-state index is 0. The smallest absolute Gasteiger partial charge is 0.0388 e. The summed E-state index contributed by atoms with van der Waals surface area (Å²) in [6.45, 7) is 0. The number of rotatable bonds is 0. The molecule has 5 aromatic rings. The highest BCUT2D eigenvalue weighted by Crippen LogP contribution is 2.16. The second kappa shape index (κ2) is 31.8. The van der Waals surface area contributed by atoms with E-state index in [1.165, 1.54) is 0 Å². The van der Waals surface area contributed by atoms with Crippen molar-refractivity contribution < 1.29 is 23.5 Å². The van der Waals surface area contributed by atoms with Crippen molar-refractivity contribution in [2.45, 2.75) is 24.5 Å². The Morgan fingerprint density at radius 2 is 0.400 bits per heavy atom. The van der Waals surface area contributed by atoms with E-state index < -0.39 is 0 Å². The van der Waals surface area contributed by atoms with Crippen molar-refractivity contribution in [1.29, 1.82) is 0 Å². The molecule has 5 rings (SSSR count). The summed E-state index contributed by atoms with van der Waals surface area (Å²) in [7, 11) is 0.